The van der Waals surface area contributed by atoms with Gasteiger partial charge in [-0.1, -0.05) is 36.7 Å². The molecule has 0 saturated heterocycles. The van der Waals surface area contributed by atoms with Crippen LogP contribution in [0.4, 0.5) is 5.95 Å². The molecule has 118 valence electrons. The summed E-state index contributed by atoms with van der Waals surface area (Å²) in [5.41, 5.74) is 2.62. The fraction of sp³-hybridized carbons (Fsp3) is 0.353. The lowest BCUT2D eigenvalue weighted by atomic mass is 9.81. The van der Waals surface area contributed by atoms with Crippen molar-refractivity contribution >= 4 is 23.3 Å². The molecule has 1 aromatic carbocycles. The highest BCUT2D eigenvalue weighted by molar-refractivity contribution is 6.31. The number of nitrogens with zero attached hydrogens (tertiary/aromatic N) is 3. The summed E-state index contributed by atoms with van der Waals surface area (Å²) in [7, 11) is 0. The van der Waals surface area contributed by atoms with E-state index in [4.69, 9.17) is 11.6 Å². The van der Waals surface area contributed by atoms with E-state index in [1.165, 1.54) is 0 Å². The van der Waals surface area contributed by atoms with Gasteiger partial charge in [0.05, 0.1) is 0 Å². The van der Waals surface area contributed by atoms with Crippen molar-refractivity contribution in [3.05, 3.63) is 51.9 Å². The largest absolute Gasteiger partial charge is 0.328 e. The minimum Gasteiger partial charge on any atom is -0.328 e. The minimum absolute atomic E-state index is 0.162. The van der Waals surface area contributed by atoms with Crippen molar-refractivity contribution in [2.45, 2.75) is 32.7 Å². The zero-order valence-electron chi connectivity index (χ0n) is 13.0. The Hall–Kier alpha value is -2.14. The molecule has 2 unspecified atom stereocenters. The van der Waals surface area contributed by atoms with Gasteiger partial charge in [0, 0.05) is 28.3 Å². The fourth-order valence-electron chi connectivity index (χ4n) is 3.50. The number of benzene rings is 1. The Kier molecular flexibility index (Phi) is 3.27. The summed E-state index contributed by atoms with van der Waals surface area (Å²) in [6, 6.07) is 7.31. The molecule has 0 amide bonds. The first-order chi connectivity index (χ1) is 11.0. The number of rotatable bonds is 1. The van der Waals surface area contributed by atoms with Gasteiger partial charge < -0.3 is 5.32 Å². The van der Waals surface area contributed by atoms with Gasteiger partial charge in [0.15, 0.2) is 5.78 Å². The van der Waals surface area contributed by atoms with E-state index in [1.807, 2.05) is 31.2 Å². The number of carbonyl (C=O) groups is 1. The molecule has 2 heterocycles. The molecule has 4 rings (SSSR count). The second kappa shape index (κ2) is 5.20. The molecule has 2 aromatic rings. The van der Waals surface area contributed by atoms with Gasteiger partial charge in [-0.2, -0.15) is 10.1 Å². The van der Waals surface area contributed by atoms with Crippen molar-refractivity contribution in [1.82, 2.24) is 14.8 Å². The van der Waals surface area contributed by atoms with Crippen molar-refractivity contribution in [3.63, 3.8) is 0 Å². The standard InChI is InChI=1S/C17H17ClN4O/c1-9-7-13-15(14(23)8-9)16(11-5-3-4-6-12(11)18)22-17(20-13)19-10(2)21-22/h3-6,9,16H,7-8H2,1-2H3,(H,19,20,21). The summed E-state index contributed by atoms with van der Waals surface area (Å²) in [6.07, 6.45) is 1.40. The number of hydrogen-bond donors (Lipinski definition) is 1. The van der Waals surface area contributed by atoms with Crippen LogP contribution in [0.5, 0.6) is 0 Å². The lowest BCUT2D eigenvalue weighted by molar-refractivity contribution is -0.117. The van der Waals surface area contributed by atoms with E-state index < -0.39 is 0 Å². The fourth-order valence-corrected chi connectivity index (χ4v) is 3.74. The van der Waals surface area contributed by atoms with Crippen molar-refractivity contribution in [1.29, 1.82) is 0 Å². The first-order valence-electron chi connectivity index (χ1n) is 7.75. The quantitative estimate of drug-likeness (QED) is 0.870. The Morgan fingerprint density at radius 1 is 1.30 bits per heavy atom. The number of ketones is 1. The predicted molar refractivity (Wildman–Crippen MR) is 88.4 cm³/mol. The van der Waals surface area contributed by atoms with Crippen LogP contribution in [-0.2, 0) is 4.79 Å². The minimum atomic E-state index is -0.309. The number of anilines is 1. The van der Waals surface area contributed by atoms with Gasteiger partial charge in [0.25, 0.3) is 0 Å². The van der Waals surface area contributed by atoms with Crippen LogP contribution in [-0.4, -0.2) is 20.5 Å². The van der Waals surface area contributed by atoms with Crippen molar-refractivity contribution in [3.8, 4) is 0 Å². The van der Waals surface area contributed by atoms with Gasteiger partial charge in [-0.25, -0.2) is 4.68 Å². The van der Waals surface area contributed by atoms with Gasteiger partial charge in [0.2, 0.25) is 5.95 Å². The lowest BCUT2D eigenvalue weighted by Crippen LogP contribution is -2.33. The molecule has 1 aliphatic heterocycles. The number of aromatic nitrogens is 3. The van der Waals surface area contributed by atoms with Crippen LogP contribution >= 0.6 is 11.6 Å². The predicted octanol–water partition coefficient (Wildman–Crippen LogP) is 3.51. The second-order valence-electron chi connectivity index (χ2n) is 6.31. The van der Waals surface area contributed by atoms with Gasteiger partial charge in [-0.15, -0.1) is 0 Å². The molecule has 2 aliphatic rings. The van der Waals surface area contributed by atoms with Gasteiger partial charge in [0.1, 0.15) is 11.9 Å². The highest BCUT2D eigenvalue weighted by atomic mass is 35.5. The summed E-state index contributed by atoms with van der Waals surface area (Å²) in [5.74, 6) is 1.84. The van der Waals surface area contributed by atoms with Gasteiger partial charge in [-0.05, 0) is 25.3 Å². The molecule has 23 heavy (non-hydrogen) atoms. The number of halogens is 1. The Balaban J connectivity index is 1.95. The number of allylic oxidation sites excluding steroid dienone is 2. The Labute approximate surface area is 139 Å². The highest BCUT2D eigenvalue weighted by Gasteiger charge is 2.38. The molecule has 0 fully saturated rings. The number of Topliss-reactive ketones (excluding diaryl/α,β-unsaturated/α-hetero) is 1. The Bertz CT molecular complexity index is 839. The molecular formula is C17H17ClN4O. The maximum Gasteiger partial charge on any atom is 0.226 e. The Morgan fingerprint density at radius 2 is 2.09 bits per heavy atom. The monoisotopic (exact) mass is 328 g/mol. The average molecular weight is 329 g/mol. The van der Waals surface area contributed by atoms with Crippen LogP contribution in [0.25, 0.3) is 0 Å². The van der Waals surface area contributed by atoms with Gasteiger partial charge >= 0.3 is 0 Å². The first-order valence-corrected chi connectivity index (χ1v) is 8.13. The summed E-state index contributed by atoms with van der Waals surface area (Å²) >= 11 is 6.42. The van der Waals surface area contributed by atoms with E-state index in [9.17, 15) is 4.79 Å². The highest BCUT2D eigenvalue weighted by Crippen LogP contribution is 2.42. The smallest absolute Gasteiger partial charge is 0.226 e. The average Bonchev–Trinajstić information content (AvgIpc) is 2.85. The molecule has 5 nitrogen and oxygen atoms in total. The number of nitrogens with one attached hydrogen (secondary N) is 1. The number of hydrogen-bond acceptors (Lipinski definition) is 4. The van der Waals surface area contributed by atoms with Crippen LogP contribution in [0.3, 0.4) is 0 Å². The van der Waals surface area contributed by atoms with E-state index in [2.05, 4.69) is 22.3 Å². The maximum atomic E-state index is 12.7. The summed E-state index contributed by atoms with van der Waals surface area (Å²) in [6.45, 7) is 3.94. The third kappa shape index (κ3) is 2.27. The van der Waals surface area contributed by atoms with Crippen LogP contribution in [0.2, 0.25) is 5.02 Å². The van der Waals surface area contributed by atoms with Crippen molar-refractivity contribution < 1.29 is 4.79 Å². The summed E-state index contributed by atoms with van der Waals surface area (Å²) in [4.78, 5) is 17.2. The van der Waals surface area contributed by atoms with Crippen LogP contribution in [0, 0.1) is 12.8 Å². The molecule has 0 saturated carbocycles. The summed E-state index contributed by atoms with van der Waals surface area (Å²) < 4.78 is 1.78. The summed E-state index contributed by atoms with van der Waals surface area (Å²) in [5, 5.41) is 8.43. The zero-order chi connectivity index (χ0) is 16.1. The van der Waals surface area contributed by atoms with Gasteiger partial charge in [-0.3, -0.25) is 4.79 Å². The molecule has 1 aliphatic carbocycles. The van der Waals surface area contributed by atoms with E-state index in [0.717, 1.165) is 23.3 Å². The van der Waals surface area contributed by atoms with Crippen molar-refractivity contribution in [2.75, 3.05) is 5.32 Å². The van der Waals surface area contributed by atoms with E-state index in [0.29, 0.717) is 29.1 Å². The zero-order valence-corrected chi connectivity index (χ0v) is 13.8. The first kappa shape index (κ1) is 14.5. The Morgan fingerprint density at radius 3 is 2.87 bits per heavy atom. The van der Waals surface area contributed by atoms with Crippen molar-refractivity contribution in [2.24, 2.45) is 5.92 Å². The lowest BCUT2D eigenvalue weighted by Gasteiger charge is -2.34. The topological polar surface area (TPSA) is 59.8 Å². The normalized spacial score (nSPS) is 23.3. The number of carbonyl (C=O) groups excluding carboxylic acids is 1. The second-order valence-corrected chi connectivity index (χ2v) is 6.71. The molecule has 6 heteroatoms. The third-order valence-electron chi connectivity index (χ3n) is 4.43. The maximum absolute atomic E-state index is 12.7. The molecular weight excluding hydrogens is 312 g/mol. The van der Waals surface area contributed by atoms with E-state index in [-0.39, 0.29) is 11.8 Å². The molecule has 1 N–H and O–H groups in total. The van der Waals surface area contributed by atoms with Crippen LogP contribution in [0.1, 0.15) is 37.2 Å². The molecule has 0 radical (unpaired) electrons. The van der Waals surface area contributed by atoms with Crippen LogP contribution in [0.15, 0.2) is 35.5 Å². The molecule has 0 spiro atoms. The SMILES string of the molecule is Cc1nc2n(n1)C(c1ccccc1Cl)C1=C(CC(C)CC1=O)N2. The van der Waals surface area contributed by atoms with E-state index >= 15 is 0 Å². The number of fused-ring (bicyclic) bond motifs is 1. The van der Waals surface area contributed by atoms with Crippen LogP contribution < -0.4 is 5.32 Å². The molecule has 1 aromatic heterocycles. The van der Waals surface area contributed by atoms with E-state index in [1.54, 1.807) is 4.68 Å². The third-order valence-corrected chi connectivity index (χ3v) is 4.77. The molecule has 0 bridgehead atoms. The molecule has 2 atom stereocenters. The number of aryl methyl sites for hydroxylation is 1.